The molecule has 24 heavy (non-hydrogen) atoms. The first-order valence-corrected chi connectivity index (χ1v) is 7.93. The molecule has 0 radical (unpaired) electrons. The molecule has 1 amide bonds. The van der Waals surface area contributed by atoms with E-state index in [2.05, 4.69) is 10.2 Å². The molecule has 0 unspecified atom stereocenters. The molecule has 124 valence electrons. The summed E-state index contributed by atoms with van der Waals surface area (Å²) in [5, 5.41) is 7.71. The van der Waals surface area contributed by atoms with Crippen LogP contribution in [0.5, 0.6) is 17.4 Å². The fourth-order valence-corrected chi connectivity index (χ4v) is 2.94. The second-order valence-corrected chi connectivity index (χ2v) is 5.67. The van der Waals surface area contributed by atoms with Gasteiger partial charge in [-0.2, -0.15) is 5.10 Å². The van der Waals surface area contributed by atoms with Crippen molar-refractivity contribution >= 4 is 5.91 Å². The molecular formula is C17H17N3O4. The van der Waals surface area contributed by atoms with Crippen LogP contribution in [0.15, 0.2) is 36.5 Å². The van der Waals surface area contributed by atoms with Gasteiger partial charge >= 0.3 is 0 Å². The lowest BCUT2D eigenvalue weighted by atomic mass is 10.1. The number of amides is 1. The van der Waals surface area contributed by atoms with Gasteiger partial charge in [0.1, 0.15) is 19.3 Å². The third-order valence-corrected chi connectivity index (χ3v) is 4.06. The van der Waals surface area contributed by atoms with Gasteiger partial charge in [-0.1, -0.05) is 6.07 Å². The summed E-state index contributed by atoms with van der Waals surface area (Å²) < 4.78 is 17.0. The van der Waals surface area contributed by atoms with E-state index in [0.29, 0.717) is 49.2 Å². The summed E-state index contributed by atoms with van der Waals surface area (Å²) in [5.41, 5.74) is 0.535. The van der Waals surface area contributed by atoms with Crippen LogP contribution in [0.2, 0.25) is 0 Å². The number of likely N-dealkylation sites (tertiary alicyclic amines) is 1. The number of fused-ring (bicyclic) bond motifs is 1. The van der Waals surface area contributed by atoms with E-state index >= 15 is 0 Å². The molecule has 3 heterocycles. The Morgan fingerprint density at radius 2 is 2.12 bits per heavy atom. The van der Waals surface area contributed by atoms with E-state index in [1.165, 1.54) is 0 Å². The molecule has 7 heteroatoms. The number of carbonyl (C=O) groups is 1. The number of carbonyl (C=O) groups excluding carboxylic acids is 1. The Morgan fingerprint density at radius 1 is 1.21 bits per heavy atom. The minimum atomic E-state index is -0.0812. The van der Waals surface area contributed by atoms with Crippen molar-refractivity contribution in [3.8, 4) is 17.4 Å². The molecule has 7 nitrogen and oxygen atoms in total. The van der Waals surface area contributed by atoms with Crippen LogP contribution in [0.3, 0.4) is 0 Å². The smallest absolute Gasteiger partial charge is 0.257 e. The number of ether oxygens (including phenoxy) is 3. The normalized spacial score (nSPS) is 19.2. The molecule has 1 fully saturated rings. The molecule has 2 aliphatic rings. The summed E-state index contributed by atoms with van der Waals surface area (Å²) in [6.07, 6.45) is 2.27. The SMILES string of the molecule is O=C(c1cccc2c1OCCO2)N1CC[C@H](Oc2cccnn2)C1. The Labute approximate surface area is 139 Å². The Morgan fingerprint density at radius 3 is 3.00 bits per heavy atom. The number of para-hydroxylation sites is 1. The lowest BCUT2D eigenvalue weighted by Gasteiger charge is -2.23. The number of aromatic nitrogens is 2. The van der Waals surface area contributed by atoms with Crippen molar-refractivity contribution in [2.75, 3.05) is 26.3 Å². The van der Waals surface area contributed by atoms with Gasteiger partial charge in [-0.15, -0.1) is 5.10 Å². The van der Waals surface area contributed by atoms with Crippen LogP contribution in [0.25, 0.3) is 0 Å². The van der Waals surface area contributed by atoms with Gasteiger partial charge in [-0.25, -0.2) is 0 Å². The molecule has 0 spiro atoms. The topological polar surface area (TPSA) is 73.8 Å². The predicted molar refractivity (Wildman–Crippen MR) is 84.4 cm³/mol. The number of nitrogens with zero attached hydrogens (tertiary/aromatic N) is 3. The summed E-state index contributed by atoms with van der Waals surface area (Å²) in [7, 11) is 0. The van der Waals surface area contributed by atoms with E-state index in [0.717, 1.165) is 6.42 Å². The Kier molecular flexibility index (Phi) is 3.90. The molecule has 1 saturated heterocycles. The molecular weight excluding hydrogens is 310 g/mol. The van der Waals surface area contributed by atoms with Gasteiger partial charge in [-0.3, -0.25) is 4.79 Å². The first-order valence-electron chi connectivity index (χ1n) is 7.93. The largest absolute Gasteiger partial charge is 0.486 e. The minimum absolute atomic E-state index is 0.0670. The van der Waals surface area contributed by atoms with Crippen LogP contribution in [-0.2, 0) is 0 Å². The predicted octanol–water partition coefficient (Wildman–Crippen LogP) is 1.54. The Hall–Kier alpha value is -2.83. The number of hydrogen-bond acceptors (Lipinski definition) is 6. The molecule has 0 N–H and O–H groups in total. The maximum atomic E-state index is 12.8. The van der Waals surface area contributed by atoms with E-state index in [1.807, 2.05) is 12.1 Å². The molecule has 1 aromatic heterocycles. The first kappa shape index (κ1) is 14.7. The Bertz CT molecular complexity index is 738. The van der Waals surface area contributed by atoms with Crippen molar-refractivity contribution < 1.29 is 19.0 Å². The van der Waals surface area contributed by atoms with Crippen molar-refractivity contribution in [1.82, 2.24) is 15.1 Å². The molecule has 1 atom stereocenters. The fraction of sp³-hybridized carbons (Fsp3) is 0.353. The average molecular weight is 327 g/mol. The number of rotatable bonds is 3. The third-order valence-electron chi connectivity index (χ3n) is 4.06. The van der Waals surface area contributed by atoms with Crippen LogP contribution in [0, 0.1) is 0 Å². The average Bonchev–Trinajstić information content (AvgIpc) is 3.10. The van der Waals surface area contributed by atoms with Gasteiger partial charge in [0.15, 0.2) is 11.5 Å². The van der Waals surface area contributed by atoms with Gasteiger partial charge < -0.3 is 19.1 Å². The van der Waals surface area contributed by atoms with Crippen molar-refractivity contribution in [2.45, 2.75) is 12.5 Å². The monoisotopic (exact) mass is 327 g/mol. The van der Waals surface area contributed by atoms with Crippen LogP contribution in [0.4, 0.5) is 0 Å². The summed E-state index contributed by atoms with van der Waals surface area (Å²) >= 11 is 0. The van der Waals surface area contributed by atoms with Gasteiger partial charge in [0, 0.05) is 25.2 Å². The molecule has 2 aromatic rings. The first-order chi connectivity index (χ1) is 11.8. The molecule has 0 bridgehead atoms. The molecule has 0 saturated carbocycles. The van der Waals surface area contributed by atoms with Crippen LogP contribution >= 0.6 is 0 Å². The fourth-order valence-electron chi connectivity index (χ4n) is 2.94. The van der Waals surface area contributed by atoms with E-state index < -0.39 is 0 Å². The van der Waals surface area contributed by atoms with Crippen molar-refractivity contribution in [3.05, 3.63) is 42.1 Å². The van der Waals surface area contributed by atoms with E-state index in [4.69, 9.17) is 14.2 Å². The second-order valence-electron chi connectivity index (χ2n) is 5.67. The zero-order valence-corrected chi connectivity index (χ0v) is 13.1. The summed E-state index contributed by atoms with van der Waals surface area (Å²) in [5.74, 6) is 1.57. The standard InChI is InChI=1S/C17H17N3O4/c21-17(13-3-1-4-14-16(13)23-10-9-22-14)20-8-6-12(11-20)24-15-5-2-7-18-19-15/h1-5,7,12H,6,8-11H2/t12-/m0/s1. The summed E-state index contributed by atoms with van der Waals surface area (Å²) in [6, 6.07) is 8.93. The quantitative estimate of drug-likeness (QED) is 0.851. The van der Waals surface area contributed by atoms with Crippen LogP contribution in [0.1, 0.15) is 16.8 Å². The lowest BCUT2D eigenvalue weighted by molar-refractivity contribution is 0.0760. The zero-order chi connectivity index (χ0) is 16.4. The maximum absolute atomic E-state index is 12.8. The van der Waals surface area contributed by atoms with Crippen LogP contribution < -0.4 is 14.2 Å². The highest BCUT2D eigenvalue weighted by molar-refractivity contribution is 5.98. The van der Waals surface area contributed by atoms with Crippen molar-refractivity contribution in [3.63, 3.8) is 0 Å². The van der Waals surface area contributed by atoms with E-state index in [9.17, 15) is 4.79 Å². The van der Waals surface area contributed by atoms with Gasteiger partial charge in [-0.05, 0) is 18.2 Å². The minimum Gasteiger partial charge on any atom is -0.486 e. The highest BCUT2D eigenvalue weighted by atomic mass is 16.6. The lowest BCUT2D eigenvalue weighted by Crippen LogP contribution is -2.32. The highest BCUT2D eigenvalue weighted by Crippen LogP contribution is 2.34. The molecule has 2 aliphatic heterocycles. The summed E-state index contributed by atoms with van der Waals surface area (Å²) in [4.78, 5) is 14.6. The maximum Gasteiger partial charge on any atom is 0.257 e. The zero-order valence-electron chi connectivity index (χ0n) is 13.1. The highest BCUT2D eigenvalue weighted by Gasteiger charge is 2.31. The van der Waals surface area contributed by atoms with Crippen molar-refractivity contribution in [1.29, 1.82) is 0 Å². The van der Waals surface area contributed by atoms with E-state index in [-0.39, 0.29) is 12.0 Å². The van der Waals surface area contributed by atoms with E-state index in [1.54, 1.807) is 29.3 Å². The van der Waals surface area contributed by atoms with Gasteiger partial charge in [0.2, 0.25) is 5.88 Å². The van der Waals surface area contributed by atoms with Crippen molar-refractivity contribution in [2.24, 2.45) is 0 Å². The van der Waals surface area contributed by atoms with Crippen LogP contribution in [-0.4, -0.2) is 53.4 Å². The Balaban J connectivity index is 1.46. The second kappa shape index (κ2) is 6.35. The molecule has 1 aromatic carbocycles. The molecule has 0 aliphatic carbocycles. The number of hydrogen-bond donors (Lipinski definition) is 0. The van der Waals surface area contributed by atoms with Gasteiger partial charge in [0.05, 0.1) is 12.1 Å². The molecule has 4 rings (SSSR count). The third kappa shape index (κ3) is 2.84. The number of benzene rings is 1. The van der Waals surface area contributed by atoms with Gasteiger partial charge in [0.25, 0.3) is 5.91 Å². The summed E-state index contributed by atoms with van der Waals surface area (Å²) in [6.45, 7) is 2.10.